The molecule has 0 bridgehead atoms. The molecule has 0 saturated carbocycles. The van der Waals surface area contributed by atoms with Crippen molar-refractivity contribution in [2.75, 3.05) is 20.3 Å². The molecule has 0 saturated heterocycles. The van der Waals surface area contributed by atoms with Gasteiger partial charge in [-0.2, -0.15) is 0 Å². The minimum atomic E-state index is -0.604. The lowest BCUT2D eigenvalue weighted by molar-refractivity contribution is -0.141. The highest BCUT2D eigenvalue weighted by Crippen LogP contribution is 2.19. The number of benzene rings is 3. The van der Waals surface area contributed by atoms with Gasteiger partial charge in [-0.05, 0) is 48.7 Å². The molecule has 1 N–H and O–H groups in total. The van der Waals surface area contributed by atoms with Gasteiger partial charge in [0.05, 0.1) is 13.7 Å². The second kappa shape index (κ2) is 13.8. The van der Waals surface area contributed by atoms with Crippen molar-refractivity contribution in [3.05, 3.63) is 96.1 Å². The number of hydrogen-bond acceptors (Lipinski definition) is 4. The maximum absolute atomic E-state index is 13.5. The SMILES string of the molecule is CCNC(=O)C(Cc1ccccc1)N(Cc1ccccc1)C(=O)CCCOc1ccc(OC)cc1. The standard InChI is InChI=1S/C29H34N2O4/c1-3-30-29(33)27(21-23-11-6-4-7-12-23)31(22-24-13-8-5-9-14-24)28(32)15-10-20-35-26-18-16-25(34-2)17-19-26/h4-9,11-14,16-19,27H,3,10,15,20-22H2,1-2H3,(H,30,33). The van der Waals surface area contributed by atoms with Gasteiger partial charge in [0.2, 0.25) is 11.8 Å². The third-order valence-electron chi connectivity index (χ3n) is 5.68. The van der Waals surface area contributed by atoms with Gasteiger partial charge in [0.25, 0.3) is 0 Å². The Bertz CT molecular complexity index is 1040. The Morgan fingerprint density at radius 1 is 0.857 bits per heavy atom. The molecule has 184 valence electrons. The number of hydrogen-bond donors (Lipinski definition) is 1. The van der Waals surface area contributed by atoms with E-state index in [-0.39, 0.29) is 18.2 Å². The fourth-order valence-electron chi connectivity index (χ4n) is 3.86. The van der Waals surface area contributed by atoms with Gasteiger partial charge < -0.3 is 19.7 Å². The van der Waals surface area contributed by atoms with Crippen LogP contribution in [0.25, 0.3) is 0 Å². The van der Waals surface area contributed by atoms with E-state index in [0.717, 1.165) is 22.6 Å². The van der Waals surface area contributed by atoms with Crippen LogP contribution >= 0.6 is 0 Å². The molecule has 1 unspecified atom stereocenters. The Balaban J connectivity index is 1.71. The Morgan fingerprint density at radius 3 is 2.06 bits per heavy atom. The van der Waals surface area contributed by atoms with E-state index in [0.29, 0.717) is 32.5 Å². The highest BCUT2D eigenvalue weighted by molar-refractivity contribution is 5.88. The first-order valence-electron chi connectivity index (χ1n) is 12.0. The summed E-state index contributed by atoms with van der Waals surface area (Å²) in [6.07, 6.45) is 1.28. The van der Waals surface area contributed by atoms with E-state index >= 15 is 0 Å². The molecule has 3 aromatic carbocycles. The lowest BCUT2D eigenvalue weighted by Gasteiger charge is -2.31. The lowest BCUT2D eigenvalue weighted by Crippen LogP contribution is -2.50. The number of nitrogens with zero attached hydrogens (tertiary/aromatic N) is 1. The second-order valence-electron chi connectivity index (χ2n) is 8.23. The van der Waals surface area contributed by atoms with Crippen LogP contribution in [0, 0.1) is 0 Å². The van der Waals surface area contributed by atoms with Crippen LogP contribution in [-0.4, -0.2) is 43.0 Å². The maximum Gasteiger partial charge on any atom is 0.243 e. The van der Waals surface area contributed by atoms with Crippen LogP contribution in [0.15, 0.2) is 84.9 Å². The summed E-state index contributed by atoms with van der Waals surface area (Å²) < 4.78 is 11.0. The molecule has 0 aliphatic heterocycles. The van der Waals surface area contributed by atoms with Crippen molar-refractivity contribution in [3.8, 4) is 11.5 Å². The monoisotopic (exact) mass is 474 g/mol. The molecule has 0 radical (unpaired) electrons. The summed E-state index contributed by atoms with van der Waals surface area (Å²) in [6, 6.07) is 26.3. The average Bonchev–Trinajstić information content (AvgIpc) is 2.90. The molecule has 0 heterocycles. The normalized spacial score (nSPS) is 11.4. The molecule has 35 heavy (non-hydrogen) atoms. The van der Waals surface area contributed by atoms with Crippen LogP contribution in [0.5, 0.6) is 11.5 Å². The molecule has 0 aliphatic carbocycles. The third kappa shape index (κ3) is 8.18. The molecule has 0 fully saturated rings. The number of nitrogens with one attached hydrogen (secondary N) is 1. The molecular weight excluding hydrogens is 440 g/mol. The number of carbonyl (C=O) groups excluding carboxylic acids is 2. The number of carbonyl (C=O) groups is 2. The van der Waals surface area contributed by atoms with Crippen molar-refractivity contribution in [3.63, 3.8) is 0 Å². The first-order valence-corrected chi connectivity index (χ1v) is 12.0. The number of likely N-dealkylation sites (N-methyl/N-ethyl adjacent to an activating group) is 1. The second-order valence-corrected chi connectivity index (χ2v) is 8.23. The van der Waals surface area contributed by atoms with Gasteiger partial charge in [0.15, 0.2) is 0 Å². The van der Waals surface area contributed by atoms with E-state index in [1.54, 1.807) is 12.0 Å². The Kier molecular flexibility index (Phi) is 10.2. The predicted molar refractivity (Wildman–Crippen MR) is 137 cm³/mol. The molecule has 3 rings (SSSR count). The van der Waals surface area contributed by atoms with Gasteiger partial charge in [-0.1, -0.05) is 60.7 Å². The quantitative estimate of drug-likeness (QED) is 0.367. The van der Waals surface area contributed by atoms with E-state index in [1.165, 1.54) is 0 Å². The van der Waals surface area contributed by atoms with Crippen LogP contribution in [0.1, 0.15) is 30.9 Å². The third-order valence-corrected chi connectivity index (χ3v) is 5.68. The van der Waals surface area contributed by atoms with Gasteiger partial charge in [0.1, 0.15) is 17.5 Å². The minimum Gasteiger partial charge on any atom is -0.497 e. The van der Waals surface area contributed by atoms with Crippen molar-refractivity contribution in [2.24, 2.45) is 0 Å². The summed E-state index contributed by atoms with van der Waals surface area (Å²) >= 11 is 0. The minimum absolute atomic E-state index is 0.0700. The van der Waals surface area contributed by atoms with Crippen LogP contribution in [-0.2, 0) is 22.6 Å². The Labute approximate surface area is 207 Å². The van der Waals surface area contributed by atoms with Gasteiger partial charge in [-0.3, -0.25) is 9.59 Å². The zero-order valence-corrected chi connectivity index (χ0v) is 20.5. The van der Waals surface area contributed by atoms with Crippen molar-refractivity contribution in [2.45, 2.75) is 38.8 Å². The molecule has 6 nitrogen and oxygen atoms in total. The van der Waals surface area contributed by atoms with Crippen molar-refractivity contribution in [1.29, 1.82) is 0 Å². The molecule has 2 amide bonds. The van der Waals surface area contributed by atoms with Crippen LogP contribution in [0.3, 0.4) is 0 Å². The first-order chi connectivity index (χ1) is 17.1. The first kappa shape index (κ1) is 25.8. The molecule has 6 heteroatoms. The molecule has 0 aromatic heterocycles. The zero-order chi connectivity index (χ0) is 24.9. The molecular formula is C29H34N2O4. The number of methoxy groups -OCH3 is 1. The molecule has 0 aliphatic rings. The van der Waals surface area contributed by atoms with Crippen molar-refractivity contribution >= 4 is 11.8 Å². The highest BCUT2D eigenvalue weighted by Gasteiger charge is 2.29. The maximum atomic E-state index is 13.5. The average molecular weight is 475 g/mol. The van der Waals surface area contributed by atoms with Gasteiger partial charge in [-0.25, -0.2) is 0 Å². The topological polar surface area (TPSA) is 67.9 Å². The number of ether oxygens (including phenoxy) is 2. The van der Waals surface area contributed by atoms with Crippen LogP contribution in [0.4, 0.5) is 0 Å². The summed E-state index contributed by atoms with van der Waals surface area (Å²) in [5.41, 5.74) is 2.00. The fourth-order valence-corrected chi connectivity index (χ4v) is 3.86. The fraction of sp³-hybridized carbons (Fsp3) is 0.310. The van der Waals surface area contributed by atoms with Gasteiger partial charge in [-0.15, -0.1) is 0 Å². The predicted octanol–water partition coefficient (Wildman–Crippen LogP) is 4.63. The van der Waals surface area contributed by atoms with E-state index in [1.807, 2.05) is 91.9 Å². The summed E-state index contributed by atoms with van der Waals surface area (Å²) in [6.45, 7) is 3.17. The van der Waals surface area contributed by atoms with Gasteiger partial charge in [0, 0.05) is 25.9 Å². The van der Waals surface area contributed by atoms with E-state index in [4.69, 9.17) is 9.47 Å². The Hall–Kier alpha value is -3.80. The van der Waals surface area contributed by atoms with E-state index in [2.05, 4.69) is 5.32 Å². The zero-order valence-electron chi connectivity index (χ0n) is 20.5. The Morgan fingerprint density at radius 2 is 1.46 bits per heavy atom. The van der Waals surface area contributed by atoms with Crippen LogP contribution < -0.4 is 14.8 Å². The number of rotatable bonds is 13. The highest BCUT2D eigenvalue weighted by atomic mass is 16.5. The smallest absolute Gasteiger partial charge is 0.243 e. The van der Waals surface area contributed by atoms with Crippen molar-refractivity contribution in [1.82, 2.24) is 10.2 Å². The summed E-state index contributed by atoms with van der Waals surface area (Å²) in [4.78, 5) is 28.3. The van der Waals surface area contributed by atoms with Gasteiger partial charge >= 0.3 is 0 Å². The van der Waals surface area contributed by atoms with E-state index < -0.39 is 6.04 Å². The van der Waals surface area contributed by atoms with Crippen LogP contribution in [0.2, 0.25) is 0 Å². The number of amides is 2. The van der Waals surface area contributed by atoms with E-state index in [9.17, 15) is 9.59 Å². The molecule has 3 aromatic rings. The molecule has 1 atom stereocenters. The summed E-state index contributed by atoms with van der Waals surface area (Å²) in [5, 5.41) is 2.92. The summed E-state index contributed by atoms with van der Waals surface area (Å²) in [7, 11) is 1.62. The molecule has 0 spiro atoms. The lowest BCUT2D eigenvalue weighted by atomic mass is 10.0. The van der Waals surface area contributed by atoms with Crippen molar-refractivity contribution < 1.29 is 19.1 Å². The largest absolute Gasteiger partial charge is 0.497 e. The summed E-state index contributed by atoms with van der Waals surface area (Å²) in [5.74, 6) is 1.28.